The van der Waals surface area contributed by atoms with Crippen molar-refractivity contribution in [1.29, 1.82) is 0 Å². The van der Waals surface area contributed by atoms with Crippen molar-refractivity contribution in [2.75, 3.05) is 11.9 Å². The van der Waals surface area contributed by atoms with Crippen LogP contribution in [0.1, 0.15) is 12.5 Å². The van der Waals surface area contributed by atoms with E-state index in [1.807, 2.05) is 6.92 Å². The van der Waals surface area contributed by atoms with Crippen LogP contribution in [0.5, 0.6) is 0 Å². The van der Waals surface area contributed by atoms with Gasteiger partial charge in [0.1, 0.15) is 5.82 Å². The number of rotatable bonds is 2. The van der Waals surface area contributed by atoms with Crippen LogP contribution < -0.4 is 5.32 Å². The number of hydrogen-bond acceptors (Lipinski definition) is 2. The third-order valence-electron chi connectivity index (χ3n) is 1.45. The van der Waals surface area contributed by atoms with Crippen LogP contribution in [0.2, 0.25) is 0 Å². The highest BCUT2D eigenvalue weighted by molar-refractivity contribution is 5.35. The van der Waals surface area contributed by atoms with Gasteiger partial charge in [0.05, 0.1) is 5.56 Å². The van der Waals surface area contributed by atoms with E-state index in [1.165, 1.54) is 6.07 Å². The zero-order chi connectivity index (χ0) is 9.90. The Hall–Kier alpha value is -1.26. The predicted octanol–water partition coefficient (Wildman–Crippen LogP) is 2.53. The van der Waals surface area contributed by atoms with Crippen LogP contribution in [0, 0.1) is 0 Å². The standard InChI is InChI=1S/C8H9F3N2/c1-2-12-7-4-3-6(5-13-7)8(9,10)11/h3-5H,2H2,1H3,(H,12,13). The zero-order valence-corrected chi connectivity index (χ0v) is 7.02. The molecule has 72 valence electrons. The van der Waals surface area contributed by atoms with Crippen LogP contribution in [-0.4, -0.2) is 11.5 Å². The van der Waals surface area contributed by atoms with Crippen LogP contribution >= 0.6 is 0 Å². The van der Waals surface area contributed by atoms with Gasteiger partial charge in [-0.15, -0.1) is 0 Å². The summed E-state index contributed by atoms with van der Waals surface area (Å²) in [6, 6.07) is 2.32. The third kappa shape index (κ3) is 2.61. The van der Waals surface area contributed by atoms with Crippen LogP contribution in [0.25, 0.3) is 0 Å². The van der Waals surface area contributed by atoms with Crippen molar-refractivity contribution < 1.29 is 13.2 Å². The Kier molecular flexibility index (Phi) is 2.75. The quantitative estimate of drug-likeness (QED) is 0.775. The van der Waals surface area contributed by atoms with Gasteiger partial charge in [-0.25, -0.2) is 4.98 Å². The number of nitrogens with one attached hydrogen (secondary N) is 1. The van der Waals surface area contributed by atoms with Gasteiger partial charge in [0, 0.05) is 12.7 Å². The Morgan fingerprint density at radius 1 is 1.38 bits per heavy atom. The minimum Gasteiger partial charge on any atom is -0.370 e. The molecule has 0 aliphatic heterocycles. The highest BCUT2D eigenvalue weighted by Gasteiger charge is 2.30. The summed E-state index contributed by atoms with van der Waals surface area (Å²) in [4.78, 5) is 3.60. The molecule has 5 heteroatoms. The van der Waals surface area contributed by atoms with Gasteiger partial charge < -0.3 is 5.32 Å². The molecular formula is C8H9F3N2. The minimum absolute atomic E-state index is 0.454. The first kappa shape index (κ1) is 9.83. The van der Waals surface area contributed by atoms with Crippen molar-refractivity contribution in [3.05, 3.63) is 23.9 Å². The van der Waals surface area contributed by atoms with E-state index in [9.17, 15) is 13.2 Å². The van der Waals surface area contributed by atoms with Crippen molar-refractivity contribution >= 4 is 5.82 Å². The lowest BCUT2D eigenvalue weighted by Gasteiger charge is -2.06. The molecule has 0 aliphatic carbocycles. The molecule has 0 aromatic carbocycles. The second-order valence-electron chi connectivity index (χ2n) is 2.46. The van der Waals surface area contributed by atoms with E-state index in [2.05, 4.69) is 10.3 Å². The van der Waals surface area contributed by atoms with Crippen molar-refractivity contribution in [2.45, 2.75) is 13.1 Å². The SMILES string of the molecule is CCNc1ccc(C(F)(F)F)cn1. The monoisotopic (exact) mass is 190 g/mol. The molecule has 2 nitrogen and oxygen atoms in total. The van der Waals surface area contributed by atoms with E-state index in [-0.39, 0.29) is 0 Å². The van der Waals surface area contributed by atoms with E-state index in [0.717, 1.165) is 12.3 Å². The van der Waals surface area contributed by atoms with Gasteiger partial charge in [0.15, 0.2) is 0 Å². The van der Waals surface area contributed by atoms with Crippen LogP contribution in [-0.2, 0) is 6.18 Å². The number of anilines is 1. The summed E-state index contributed by atoms with van der Waals surface area (Å²) in [5.74, 6) is 0.454. The maximum absolute atomic E-state index is 12.0. The molecule has 0 unspecified atom stereocenters. The number of hydrogen-bond donors (Lipinski definition) is 1. The molecule has 0 aliphatic rings. The fourth-order valence-corrected chi connectivity index (χ4v) is 0.847. The lowest BCUT2D eigenvalue weighted by atomic mass is 10.3. The van der Waals surface area contributed by atoms with Gasteiger partial charge in [-0.2, -0.15) is 13.2 Å². The molecule has 0 atom stereocenters. The number of nitrogens with zero attached hydrogens (tertiary/aromatic N) is 1. The molecule has 0 amide bonds. The highest BCUT2D eigenvalue weighted by Crippen LogP contribution is 2.28. The van der Waals surface area contributed by atoms with E-state index in [1.54, 1.807) is 0 Å². The first-order valence-corrected chi connectivity index (χ1v) is 3.81. The molecule has 0 spiro atoms. The summed E-state index contributed by atoms with van der Waals surface area (Å²) in [6.45, 7) is 2.48. The van der Waals surface area contributed by atoms with E-state index >= 15 is 0 Å². The largest absolute Gasteiger partial charge is 0.417 e. The third-order valence-corrected chi connectivity index (χ3v) is 1.45. The fourth-order valence-electron chi connectivity index (χ4n) is 0.847. The first-order chi connectivity index (χ1) is 6.04. The molecule has 13 heavy (non-hydrogen) atoms. The Balaban J connectivity index is 2.81. The molecule has 0 bridgehead atoms. The van der Waals surface area contributed by atoms with Crippen LogP contribution in [0.3, 0.4) is 0 Å². The van der Waals surface area contributed by atoms with E-state index in [0.29, 0.717) is 12.4 Å². The van der Waals surface area contributed by atoms with Gasteiger partial charge >= 0.3 is 6.18 Å². The molecule has 0 saturated heterocycles. The molecule has 0 fully saturated rings. The topological polar surface area (TPSA) is 24.9 Å². The number of aromatic nitrogens is 1. The summed E-state index contributed by atoms with van der Waals surface area (Å²) in [5, 5.41) is 2.81. The molecule has 1 N–H and O–H groups in total. The van der Waals surface area contributed by atoms with Gasteiger partial charge in [-0.05, 0) is 19.1 Å². The van der Waals surface area contributed by atoms with E-state index in [4.69, 9.17) is 0 Å². The second-order valence-corrected chi connectivity index (χ2v) is 2.46. The summed E-state index contributed by atoms with van der Waals surface area (Å²) in [5.41, 5.74) is -0.728. The van der Waals surface area contributed by atoms with Gasteiger partial charge in [0.25, 0.3) is 0 Å². The highest BCUT2D eigenvalue weighted by atomic mass is 19.4. The molecule has 0 radical (unpaired) electrons. The van der Waals surface area contributed by atoms with E-state index < -0.39 is 11.7 Å². The Labute approximate surface area is 73.8 Å². The fraction of sp³-hybridized carbons (Fsp3) is 0.375. The summed E-state index contributed by atoms with van der Waals surface area (Å²) in [6.07, 6.45) is -3.49. The molecule has 1 aromatic heterocycles. The molecule has 1 rings (SSSR count). The number of halogens is 3. The summed E-state index contributed by atoms with van der Waals surface area (Å²) in [7, 11) is 0. The van der Waals surface area contributed by atoms with Crippen LogP contribution in [0.15, 0.2) is 18.3 Å². The maximum Gasteiger partial charge on any atom is 0.417 e. The average molecular weight is 190 g/mol. The smallest absolute Gasteiger partial charge is 0.370 e. The summed E-state index contributed by atoms with van der Waals surface area (Å²) < 4.78 is 36.1. The lowest BCUT2D eigenvalue weighted by molar-refractivity contribution is -0.137. The second kappa shape index (κ2) is 3.64. The van der Waals surface area contributed by atoms with Gasteiger partial charge in [-0.1, -0.05) is 0 Å². The van der Waals surface area contributed by atoms with Crippen molar-refractivity contribution in [1.82, 2.24) is 4.98 Å². The average Bonchev–Trinajstić information content (AvgIpc) is 2.04. The number of alkyl halides is 3. The lowest BCUT2D eigenvalue weighted by Crippen LogP contribution is -2.06. The normalized spacial score (nSPS) is 11.4. The Bertz CT molecular complexity index is 266. The number of pyridine rings is 1. The predicted molar refractivity (Wildman–Crippen MR) is 43.4 cm³/mol. The Morgan fingerprint density at radius 3 is 2.46 bits per heavy atom. The molecule has 0 saturated carbocycles. The van der Waals surface area contributed by atoms with Crippen molar-refractivity contribution in [3.63, 3.8) is 0 Å². The van der Waals surface area contributed by atoms with Gasteiger partial charge in [0.2, 0.25) is 0 Å². The van der Waals surface area contributed by atoms with Gasteiger partial charge in [-0.3, -0.25) is 0 Å². The van der Waals surface area contributed by atoms with Crippen LogP contribution in [0.4, 0.5) is 19.0 Å². The van der Waals surface area contributed by atoms with Crippen molar-refractivity contribution in [3.8, 4) is 0 Å². The zero-order valence-electron chi connectivity index (χ0n) is 7.02. The first-order valence-electron chi connectivity index (χ1n) is 3.81. The minimum atomic E-state index is -4.31. The summed E-state index contributed by atoms with van der Waals surface area (Å²) >= 11 is 0. The van der Waals surface area contributed by atoms with Crippen molar-refractivity contribution in [2.24, 2.45) is 0 Å². The Morgan fingerprint density at radius 2 is 2.08 bits per heavy atom. The maximum atomic E-state index is 12.0. The molecular weight excluding hydrogens is 181 g/mol. The molecule has 1 heterocycles. The molecule has 1 aromatic rings.